The highest BCUT2D eigenvalue weighted by Gasteiger charge is 2.28. The third-order valence-electron chi connectivity index (χ3n) is 3.06. The van der Waals surface area contributed by atoms with Gasteiger partial charge in [-0.3, -0.25) is 0 Å². The molecule has 7 heteroatoms. The second-order valence-electron chi connectivity index (χ2n) is 6.01. The summed E-state index contributed by atoms with van der Waals surface area (Å²) in [6.45, 7) is 8.93. The SMILES string of the molecule is CCCCOOCCC(CC(C)(C)OC(=O)O)OOCCCC. The molecule has 0 amide bonds. The summed E-state index contributed by atoms with van der Waals surface area (Å²) >= 11 is 0. The molecular formula is C16H32O7. The minimum absolute atomic E-state index is 0.337. The smallest absolute Gasteiger partial charge is 0.450 e. The highest BCUT2D eigenvalue weighted by molar-refractivity contribution is 5.57. The van der Waals surface area contributed by atoms with Crippen molar-refractivity contribution in [2.45, 2.75) is 77.9 Å². The Balaban J connectivity index is 4.18. The molecule has 0 aliphatic carbocycles. The molecule has 0 bridgehead atoms. The molecule has 1 N–H and O–H groups in total. The average Bonchev–Trinajstić information content (AvgIpc) is 2.45. The van der Waals surface area contributed by atoms with E-state index in [1.807, 2.05) is 0 Å². The van der Waals surface area contributed by atoms with Crippen molar-refractivity contribution >= 4 is 6.16 Å². The highest BCUT2D eigenvalue weighted by Crippen LogP contribution is 2.21. The molecule has 1 atom stereocenters. The van der Waals surface area contributed by atoms with Crippen molar-refractivity contribution in [2.75, 3.05) is 19.8 Å². The quantitative estimate of drug-likeness (QED) is 0.208. The van der Waals surface area contributed by atoms with Crippen LogP contribution < -0.4 is 0 Å². The summed E-state index contributed by atoms with van der Waals surface area (Å²) in [5.74, 6) is 0. The first-order valence-corrected chi connectivity index (χ1v) is 8.36. The molecule has 0 rings (SSSR count). The van der Waals surface area contributed by atoms with Gasteiger partial charge in [0.2, 0.25) is 0 Å². The number of ether oxygens (including phenoxy) is 1. The van der Waals surface area contributed by atoms with Crippen LogP contribution in [0.25, 0.3) is 0 Å². The first-order valence-electron chi connectivity index (χ1n) is 8.36. The molecule has 0 fully saturated rings. The van der Waals surface area contributed by atoms with E-state index >= 15 is 0 Å². The summed E-state index contributed by atoms with van der Waals surface area (Å²) in [4.78, 5) is 31.4. The van der Waals surface area contributed by atoms with E-state index in [4.69, 9.17) is 29.4 Å². The lowest BCUT2D eigenvalue weighted by Gasteiger charge is -2.27. The number of carboxylic acid groups (broad SMARTS) is 1. The van der Waals surface area contributed by atoms with E-state index in [9.17, 15) is 4.79 Å². The predicted octanol–water partition coefficient (Wildman–Crippen LogP) is 4.11. The fourth-order valence-electron chi connectivity index (χ4n) is 1.86. The van der Waals surface area contributed by atoms with Crippen molar-refractivity contribution in [3.05, 3.63) is 0 Å². The largest absolute Gasteiger partial charge is 0.506 e. The summed E-state index contributed by atoms with van der Waals surface area (Å²) in [6.07, 6.45) is 3.14. The number of hydrogen-bond donors (Lipinski definition) is 1. The van der Waals surface area contributed by atoms with Gasteiger partial charge in [0.25, 0.3) is 0 Å². The lowest BCUT2D eigenvalue weighted by atomic mass is 9.99. The number of rotatable bonds is 15. The zero-order valence-electron chi connectivity index (χ0n) is 14.8. The third-order valence-corrected chi connectivity index (χ3v) is 3.06. The first-order chi connectivity index (χ1) is 10.9. The van der Waals surface area contributed by atoms with Crippen molar-refractivity contribution in [1.82, 2.24) is 0 Å². The van der Waals surface area contributed by atoms with Crippen LogP contribution in [0.1, 0.15) is 66.2 Å². The molecule has 0 aromatic heterocycles. The molecule has 0 saturated carbocycles. The molecule has 0 aromatic carbocycles. The summed E-state index contributed by atoms with van der Waals surface area (Å²) in [5, 5.41) is 8.77. The predicted molar refractivity (Wildman–Crippen MR) is 85.0 cm³/mol. The molecule has 0 aromatic rings. The summed E-state index contributed by atoms with van der Waals surface area (Å²) < 4.78 is 4.86. The standard InChI is InChI=1S/C16H32O7/c1-5-7-10-19-20-12-9-14(23-21-11-8-6-2)13-16(3,4)22-15(17)18/h14H,5-13H2,1-4H3,(H,17,18). The van der Waals surface area contributed by atoms with E-state index in [-0.39, 0.29) is 6.10 Å². The van der Waals surface area contributed by atoms with Crippen molar-refractivity contribution < 1.29 is 34.2 Å². The van der Waals surface area contributed by atoms with Crippen molar-refractivity contribution in [1.29, 1.82) is 0 Å². The normalized spacial score (nSPS) is 13.0. The van der Waals surface area contributed by atoms with Gasteiger partial charge in [-0.25, -0.2) is 24.3 Å². The highest BCUT2D eigenvalue weighted by atomic mass is 17.2. The topological polar surface area (TPSA) is 83.5 Å². The van der Waals surface area contributed by atoms with E-state index in [1.54, 1.807) is 13.8 Å². The van der Waals surface area contributed by atoms with Gasteiger partial charge in [-0.1, -0.05) is 26.7 Å². The van der Waals surface area contributed by atoms with E-state index in [2.05, 4.69) is 13.8 Å². The fourth-order valence-corrected chi connectivity index (χ4v) is 1.86. The van der Waals surface area contributed by atoms with Crippen molar-refractivity contribution in [2.24, 2.45) is 0 Å². The molecule has 0 aliphatic rings. The van der Waals surface area contributed by atoms with Crippen molar-refractivity contribution in [3.8, 4) is 0 Å². The lowest BCUT2D eigenvalue weighted by Crippen LogP contribution is -2.34. The fraction of sp³-hybridized carbons (Fsp3) is 0.938. The van der Waals surface area contributed by atoms with Gasteiger partial charge in [-0.15, -0.1) is 0 Å². The van der Waals surface area contributed by atoms with Gasteiger partial charge in [0.05, 0.1) is 25.9 Å². The van der Waals surface area contributed by atoms with Crippen LogP contribution in [0.4, 0.5) is 4.79 Å². The van der Waals surface area contributed by atoms with Gasteiger partial charge in [0, 0.05) is 12.8 Å². The van der Waals surface area contributed by atoms with Gasteiger partial charge in [0.15, 0.2) is 0 Å². The van der Waals surface area contributed by atoms with Crippen LogP contribution in [0.2, 0.25) is 0 Å². The Morgan fingerprint density at radius 1 is 1.00 bits per heavy atom. The molecule has 7 nitrogen and oxygen atoms in total. The lowest BCUT2D eigenvalue weighted by molar-refractivity contribution is -0.342. The van der Waals surface area contributed by atoms with E-state index in [1.165, 1.54) is 0 Å². The number of unbranched alkanes of at least 4 members (excludes halogenated alkanes) is 2. The summed E-state index contributed by atoms with van der Waals surface area (Å²) in [5.41, 5.74) is -0.867. The monoisotopic (exact) mass is 336 g/mol. The maximum Gasteiger partial charge on any atom is 0.506 e. The molecule has 1 unspecified atom stereocenters. The maximum absolute atomic E-state index is 10.7. The summed E-state index contributed by atoms with van der Waals surface area (Å²) in [7, 11) is 0. The van der Waals surface area contributed by atoms with Crippen LogP contribution in [0.3, 0.4) is 0 Å². The Bertz CT molecular complexity index is 294. The zero-order chi connectivity index (χ0) is 17.6. The molecule has 23 heavy (non-hydrogen) atoms. The summed E-state index contributed by atoms with van der Waals surface area (Å²) in [6, 6.07) is 0. The molecule has 0 spiro atoms. The van der Waals surface area contributed by atoms with E-state index < -0.39 is 11.8 Å². The zero-order valence-corrected chi connectivity index (χ0v) is 14.8. The van der Waals surface area contributed by atoms with Gasteiger partial charge in [0.1, 0.15) is 5.60 Å². The van der Waals surface area contributed by atoms with E-state index in [0.29, 0.717) is 32.7 Å². The van der Waals surface area contributed by atoms with Crippen LogP contribution in [-0.4, -0.2) is 42.8 Å². The van der Waals surface area contributed by atoms with Gasteiger partial charge < -0.3 is 9.84 Å². The second kappa shape index (κ2) is 13.5. The maximum atomic E-state index is 10.7. The van der Waals surface area contributed by atoms with Crippen LogP contribution in [-0.2, 0) is 24.3 Å². The van der Waals surface area contributed by atoms with Gasteiger partial charge >= 0.3 is 6.16 Å². The minimum Gasteiger partial charge on any atom is -0.450 e. The molecule has 138 valence electrons. The molecule has 0 aliphatic heterocycles. The molecular weight excluding hydrogens is 304 g/mol. The third kappa shape index (κ3) is 14.4. The minimum atomic E-state index is -1.31. The van der Waals surface area contributed by atoms with Crippen LogP contribution in [0.15, 0.2) is 0 Å². The average molecular weight is 336 g/mol. The van der Waals surface area contributed by atoms with Crippen LogP contribution >= 0.6 is 0 Å². The van der Waals surface area contributed by atoms with Crippen molar-refractivity contribution in [3.63, 3.8) is 0 Å². The van der Waals surface area contributed by atoms with E-state index in [0.717, 1.165) is 25.7 Å². The first kappa shape index (κ1) is 22.1. The number of carbonyl (C=O) groups is 1. The molecule has 0 saturated heterocycles. The van der Waals surface area contributed by atoms with Crippen LogP contribution in [0, 0.1) is 0 Å². The van der Waals surface area contributed by atoms with Gasteiger partial charge in [-0.05, 0) is 26.7 Å². The van der Waals surface area contributed by atoms with Crippen LogP contribution in [0.5, 0.6) is 0 Å². The Morgan fingerprint density at radius 3 is 2.13 bits per heavy atom. The Labute approximate surface area is 139 Å². The second-order valence-corrected chi connectivity index (χ2v) is 6.01. The molecule has 0 heterocycles. The Hall–Kier alpha value is -0.890. The molecule has 0 radical (unpaired) electrons. The Kier molecular flexibility index (Phi) is 13.0. The Morgan fingerprint density at radius 2 is 1.57 bits per heavy atom. The number of hydrogen-bond acceptors (Lipinski definition) is 6. The van der Waals surface area contributed by atoms with Gasteiger partial charge in [-0.2, -0.15) is 0 Å².